The number of carbonyl (C=O) groups excluding carboxylic acids is 3. The van der Waals surface area contributed by atoms with E-state index in [1.54, 1.807) is 12.1 Å². The van der Waals surface area contributed by atoms with Gasteiger partial charge < -0.3 is 24.8 Å². The predicted octanol–water partition coefficient (Wildman–Crippen LogP) is 1.88. The standard InChI is InChI=1S/C26H30FN5O4/c1-16-22(14-20-19-13-18(27)3-4-21(19)29-25(20)34)28-17(2)24(16)26(35)32-7-5-30(6-8-32)15-23(33)31-9-11-36-12-10-31/h3-4,13-14,28H,5-12,15H2,1-2H3,(H,29,34)/b20-14-. The van der Waals surface area contributed by atoms with Gasteiger partial charge in [0.2, 0.25) is 5.91 Å². The highest BCUT2D eigenvalue weighted by Crippen LogP contribution is 2.34. The topological polar surface area (TPSA) is 98.0 Å². The lowest BCUT2D eigenvalue weighted by Gasteiger charge is -2.36. The van der Waals surface area contributed by atoms with Gasteiger partial charge in [-0.2, -0.15) is 0 Å². The molecule has 0 saturated carbocycles. The number of benzene rings is 1. The molecule has 0 aliphatic carbocycles. The van der Waals surface area contributed by atoms with Gasteiger partial charge in [-0.05, 0) is 43.7 Å². The van der Waals surface area contributed by atoms with Crippen molar-refractivity contribution in [2.75, 3.05) is 64.3 Å². The number of carbonyl (C=O) groups is 3. The van der Waals surface area contributed by atoms with E-state index in [0.29, 0.717) is 92.8 Å². The third-order valence-corrected chi connectivity index (χ3v) is 7.13. The Kier molecular flexibility index (Phi) is 6.63. The van der Waals surface area contributed by atoms with E-state index in [1.807, 2.05) is 23.6 Å². The van der Waals surface area contributed by atoms with Gasteiger partial charge >= 0.3 is 0 Å². The third-order valence-electron chi connectivity index (χ3n) is 7.13. The van der Waals surface area contributed by atoms with Crippen LogP contribution >= 0.6 is 0 Å². The number of hydrogen-bond acceptors (Lipinski definition) is 5. The van der Waals surface area contributed by atoms with Crippen molar-refractivity contribution in [2.24, 2.45) is 0 Å². The van der Waals surface area contributed by atoms with Crippen LogP contribution in [0.5, 0.6) is 0 Å². The van der Waals surface area contributed by atoms with Crippen LogP contribution in [0.3, 0.4) is 0 Å². The second-order valence-electron chi connectivity index (χ2n) is 9.43. The first kappa shape index (κ1) is 24.2. The minimum Gasteiger partial charge on any atom is -0.378 e. The number of rotatable bonds is 4. The predicted molar refractivity (Wildman–Crippen MR) is 133 cm³/mol. The van der Waals surface area contributed by atoms with Crippen molar-refractivity contribution >= 4 is 35.1 Å². The van der Waals surface area contributed by atoms with Gasteiger partial charge in [0, 0.05) is 61.9 Å². The molecule has 2 fully saturated rings. The zero-order valence-corrected chi connectivity index (χ0v) is 20.5. The molecular formula is C26H30FN5O4. The molecule has 36 heavy (non-hydrogen) atoms. The maximum absolute atomic E-state index is 13.8. The summed E-state index contributed by atoms with van der Waals surface area (Å²) in [5, 5.41) is 2.75. The number of nitrogens with zero attached hydrogens (tertiary/aromatic N) is 3. The van der Waals surface area contributed by atoms with Crippen LogP contribution in [0.25, 0.3) is 11.6 Å². The summed E-state index contributed by atoms with van der Waals surface area (Å²) in [7, 11) is 0. The number of anilines is 1. The highest BCUT2D eigenvalue weighted by atomic mass is 19.1. The lowest BCUT2D eigenvalue weighted by atomic mass is 10.0. The molecule has 190 valence electrons. The van der Waals surface area contributed by atoms with Crippen molar-refractivity contribution in [1.29, 1.82) is 0 Å². The summed E-state index contributed by atoms with van der Waals surface area (Å²) < 4.78 is 19.1. The second kappa shape index (κ2) is 9.87. The molecular weight excluding hydrogens is 465 g/mol. The van der Waals surface area contributed by atoms with Gasteiger partial charge in [-0.15, -0.1) is 0 Å². The average Bonchev–Trinajstić information content (AvgIpc) is 3.33. The lowest BCUT2D eigenvalue weighted by Crippen LogP contribution is -2.52. The number of aryl methyl sites for hydroxylation is 1. The van der Waals surface area contributed by atoms with E-state index in [4.69, 9.17) is 4.74 Å². The van der Waals surface area contributed by atoms with E-state index in [1.165, 1.54) is 12.1 Å². The minimum absolute atomic E-state index is 0.0765. The van der Waals surface area contributed by atoms with Crippen molar-refractivity contribution in [3.63, 3.8) is 0 Å². The van der Waals surface area contributed by atoms with Crippen LogP contribution in [-0.2, 0) is 14.3 Å². The fraction of sp³-hybridized carbons (Fsp3) is 0.423. The van der Waals surface area contributed by atoms with Gasteiger partial charge in [0.1, 0.15) is 5.82 Å². The number of piperazine rings is 1. The Morgan fingerprint density at radius 3 is 2.50 bits per heavy atom. The van der Waals surface area contributed by atoms with Crippen molar-refractivity contribution < 1.29 is 23.5 Å². The fourth-order valence-electron chi connectivity index (χ4n) is 5.06. The second-order valence-corrected chi connectivity index (χ2v) is 9.43. The number of aromatic amines is 1. The smallest absolute Gasteiger partial charge is 0.256 e. The SMILES string of the molecule is Cc1[nH]c(/C=C2\C(=O)Nc3ccc(F)cc32)c(C)c1C(=O)N1CCN(CC(=O)N2CCOCC2)CC1. The van der Waals surface area contributed by atoms with E-state index in [-0.39, 0.29) is 17.7 Å². The van der Waals surface area contributed by atoms with E-state index in [9.17, 15) is 18.8 Å². The van der Waals surface area contributed by atoms with Crippen LogP contribution in [0, 0.1) is 19.7 Å². The summed E-state index contributed by atoms with van der Waals surface area (Å²) in [4.78, 5) is 47.4. The van der Waals surface area contributed by atoms with Crippen LogP contribution in [0.2, 0.25) is 0 Å². The number of nitrogens with one attached hydrogen (secondary N) is 2. The lowest BCUT2D eigenvalue weighted by molar-refractivity contribution is -0.136. The molecule has 10 heteroatoms. The molecule has 9 nitrogen and oxygen atoms in total. The van der Waals surface area contributed by atoms with Crippen LogP contribution in [-0.4, -0.2) is 96.4 Å². The molecule has 3 aliphatic rings. The van der Waals surface area contributed by atoms with E-state index in [2.05, 4.69) is 15.2 Å². The van der Waals surface area contributed by atoms with E-state index < -0.39 is 5.82 Å². The summed E-state index contributed by atoms with van der Waals surface area (Å²) in [5.41, 5.74) is 4.11. The number of hydrogen-bond donors (Lipinski definition) is 2. The number of fused-ring (bicyclic) bond motifs is 1. The van der Waals surface area contributed by atoms with Crippen LogP contribution in [0.4, 0.5) is 10.1 Å². The van der Waals surface area contributed by atoms with Crippen molar-refractivity contribution in [3.05, 3.63) is 52.1 Å². The molecule has 2 saturated heterocycles. The normalized spacial score (nSPS) is 19.5. The zero-order chi connectivity index (χ0) is 25.4. The molecule has 5 rings (SSSR count). The molecule has 2 N–H and O–H groups in total. The van der Waals surface area contributed by atoms with Crippen LogP contribution < -0.4 is 5.32 Å². The van der Waals surface area contributed by atoms with Gasteiger partial charge in [0.25, 0.3) is 11.8 Å². The summed E-state index contributed by atoms with van der Waals surface area (Å²) in [6, 6.07) is 4.18. The molecule has 0 radical (unpaired) electrons. The number of amides is 3. The van der Waals surface area contributed by atoms with Gasteiger partial charge in [-0.1, -0.05) is 0 Å². The average molecular weight is 496 g/mol. The summed E-state index contributed by atoms with van der Waals surface area (Å²) in [6.07, 6.45) is 1.68. The summed E-state index contributed by atoms with van der Waals surface area (Å²) >= 11 is 0. The van der Waals surface area contributed by atoms with Gasteiger partial charge in [0.15, 0.2) is 0 Å². The largest absolute Gasteiger partial charge is 0.378 e. The fourth-order valence-corrected chi connectivity index (χ4v) is 5.06. The number of ether oxygens (including phenoxy) is 1. The molecule has 1 aromatic heterocycles. The molecule has 3 amide bonds. The van der Waals surface area contributed by atoms with E-state index >= 15 is 0 Å². The molecule has 0 spiro atoms. The first-order valence-electron chi connectivity index (χ1n) is 12.2. The van der Waals surface area contributed by atoms with Crippen molar-refractivity contribution in [2.45, 2.75) is 13.8 Å². The number of morpholine rings is 1. The van der Waals surface area contributed by atoms with E-state index in [0.717, 1.165) is 5.56 Å². The highest BCUT2D eigenvalue weighted by Gasteiger charge is 2.29. The quantitative estimate of drug-likeness (QED) is 0.632. The summed E-state index contributed by atoms with van der Waals surface area (Å²) in [6.45, 7) is 8.77. The Bertz CT molecular complexity index is 1240. The highest BCUT2D eigenvalue weighted by molar-refractivity contribution is 6.34. The Morgan fingerprint density at radius 1 is 1.06 bits per heavy atom. The Morgan fingerprint density at radius 2 is 1.78 bits per heavy atom. The third kappa shape index (κ3) is 4.66. The Balaban J connectivity index is 1.27. The maximum atomic E-state index is 13.8. The first-order chi connectivity index (χ1) is 17.3. The molecule has 0 unspecified atom stereocenters. The molecule has 0 atom stereocenters. The van der Waals surface area contributed by atoms with Gasteiger partial charge in [-0.3, -0.25) is 19.3 Å². The number of H-pyrrole nitrogens is 1. The van der Waals surface area contributed by atoms with Crippen molar-refractivity contribution in [3.8, 4) is 0 Å². The van der Waals surface area contributed by atoms with Crippen LogP contribution in [0.15, 0.2) is 18.2 Å². The van der Waals surface area contributed by atoms with Gasteiger partial charge in [-0.25, -0.2) is 4.39 Å². The minimum atomic E-state index is -0.419. The maximum Gasteiger partial charge on any atom is 0.256 e. The molecule has 2 aromatic rings. The first-order valence-corrected chi connectivity index (χ1v) is 12.2. The Hall–Kier alpha value is -3.50. The zero-order valence-electron chi connectivity index (χ0n) is 20.5. The number of aromatic nitrogens is 1. The molecule has 3 aliphatic heterocycles. The molecule has 4 heterocycles. The molecule has 0 bridgehead atoms. The van der Waals surface area contributed by atoms with Crippen LogP contribution in [0.1, 0.15) is 32.9 Å². The van der Waals surface area contributed by atoms with Gasteiger partial charge in [0.05, 0.1) is 30.9 Å². The molecule has 1 aromatic carbocycles. The number of halogens is 1. The Labute approximate surface area is 208 Å². The monoisotopic (exact) mass is 495 g/mol. The van der Waals surface area contributed by atoms with Crippen molar-refractivity contribution in [1.82, 2.24) is 19.7 Å². The summed E-state index contributed by atoms with van der Waals surface area (Å²) in [5.74, 6) is -0.701.